The maximum atomic E-state index is 12.4. The highest BCUT2D eigenvalue weighted by Crippen LogP contribution is 2.30. The molecule has 1 fully saturated rings. The Hall–Kier alpha value is -2.82. The lowest BCUT2D eigenvalue weighted by molar-refractivity contribution is -0.117. The number of nitrogens with one attached hydrogen (secondary N) is 2. The maximum absolute atomic E-state index is 12.4. The molecule has 1 aliphatic carbocycles. The maximum Gasteiger partial charge on any atom is 0.255 e. The second kappa shape index (κ2) is 8.25. The van der Waals surface area contributed by atoms with Gasteiger partial charge in [-0.25, -0.2) is 0 Å². The van der Waals surface area contributed by atoms with E-state index in [1.54, 1.807) is 24.3 Å². The van der Waals surface area contributed by atoms with Gasteiger partial charge in [0.2, 0.25) is 5.91 Å². The van der Waals surface area contributed by atoms with Gasteiger partial charge >= 0.3 is 0 Å². The molecule has 0 spiro atoms. The molecule has 5 heteroatoms. The number of nitrogens with zero attached hydrogens (tertiary/aromatic N) is 1. The van der Waals surface area contributed by atoms with Gasteiger partial charge in [0.1, 0.15) is 0 Å². The smallest absolute Gasteiger partial charge is 0.255 e. The molecular formula is C22H27N3O2. The van der Waals surface area contributed by atoms with Gasteiger partial charge in [-0.1, -0.05) is 0 Å². The van der Waals surface area contributed by atoms with E-state index in [1.807, 2.05) is 24.3 Å². The lowest BCUT2D eigenvalue weighted by Crippen LogP contribution is -2.30. The number of amides is 2. The van der Waals surface area contributed by atoms with Gasteiger partial charge in [-0.3, -0.25) is 9.59 Å². The summed E-state index contributed by atoms with van der Waals surface area (Å²) in [6.45, 7) is 7.39. The third-order valence-corrected chi connectivity index (χ3v) is 4.78. The van der Waals surface area contributed by atoms with Crippen LogP contribution in [-0.2, 0) is 4.79 Å². The van der Waals surface area contributed by atoms with Crippen molar-refractivity contribution in [2.45, 2.75) is 39.7 Å². The summed E-state index contributed by atoms with van der Waals surface area (Å²) >= 11 is 0. The number of carbonyl (C=O) groups is 2. The van der Waals surface area contributed by atoms with E-state index < -0.39 is 0 Å². The van der Waals surface area contributed by atoms with Gasteiger partial charge in [0.05, 0.1) is 0 Å². The largest absolute Gasteiger partial charge is 0.369 e. The van der Waals surface area contributed by atoms with E-state index in [9.17, 15) is 9.59 Å². The molecule has 0 aromatic heterocycles. The van der Waals surface area contributed by atoms with Gasteiger partial charge < -0.3 is 15.5 Å². The molecule has 0 unspecified atom stereocenters. The molecule has 2 aromatic carbocycles. The predicted molar refractivity (Wildman–Crippen MR) is 110 cm³/mol. The third-order valence-electron chi connectivity index (χ3n) is 4.78. The minimum Gasteiger partial charge on any atom is -0.369 e. The lowest BCUT2D eigenvalue weighted by Gasteiger charge is -2.27. The molecule has 5 nitrogen and oxygen atoms in total. The second-order valence-electron chi connectivity index (χ2n) is 7.22. The normalized spacial score (nSPS) is 13.3. The van der Waals surface area contributed by atoms with E-state index in [4.69, 9.17) is 0 Å². The molecule has 0 bridgehead atoms. The SMILES string of the molecule is CCN(c1ccc(NC(=O)c2ccc(NC(=O)C3CC3)cc2)cc1)C(C)C. The molecule has 1 aliphatic rings. The fraction of sp³-hybridized carbons (Fsp3) is 0.364. The van der Waals surface area contributed by atoms with E-state index in [1.165, 1.54) is 0 Å². The molecule has 0 heterocycles. The van der Waals surface area contributed by atoms with E-state index >= 15 is 0 Å². The Morgan fingerprint density at radius 2 is 1.52 bits per heavy atom. The fourth-order valence-corrected chi connectivity index (χ4v) is 3.08. The van der Waals surface area contributed by atoms with Crippen molar-refractivity contribution in [3.8, 4) is 0 Å². The standard InChI is InChI=1S/C22H27N3O2/c1-4-25(15(2)3)20-13-11-19(12-14-20)24-22(27)17-7-9-18(10-8-17)23-21(26)16-5-6-16/h7-16H,4-6H2,1-3H3,(H,23,26)(H,24,27). The van der Waals surface area contributed by atoms with E-state index in [2.05, 4.69) is 36.3 Å². The summed E-state index contributed by atoms with van der Waals surface area (Å²) in [6, 6.07) is 15.3. The predicted octanol–water partition coefficient (Wildman–Crippen LogP) is 4.52. The summed E-state index contributed by atoms with van der Waals surface area (Å²) in [4.78, 5) is 26.5. The summed E-state index contributed by atoms with van der Waals surface area (Å²) in [5, 5.41) is 5.79. The highest BCUT2D eigenvalue weighted by atomic mass is 16.2. The van der Waals surface area contributed by atoms with Crippen molar-refractivity contribution in [3.05, 3.63) is 54.1 Å². The minimum absolute atomic E-state index is 0.0646. The van der Waals surface area contributed by atoms with Crippen LogP contribution < -0.4 is 15.5 Å². The molecule has 2 aromatic rings. The summed E-state index contributed by atoms with van der Waals surface area (Å²) in [6.07, 6.45) is 1.94. The first-order chi connectivity index (χ1) is 13.0. The first-order valence-corrected chi connectivity index (χ1v) is 9.57. The molecule has 0 radical (unpaired) electrons. The van der Waals surface area contributed by atoms with E-state index in [0.717, 1.165) is 36.4 Å². The number of rotatable bonds is 7. The first-order valence-electron chi connectivity index (χ1n) is 9.57. The van der Waals surface area contributed by atoms with Gasteiger partial charge in [-0.15, -0.1) is 0 Å². The Bertz CT molecular complexity index is 793. The molecule has 2 amide bonds. The monoisotopic (exact) mass is 365 g/mol. The number of hydrogen-bond donors (Lipinski definition) is 2. The highest BCUT2D eigenvalue weighted by Gasteiger charge is 2.29. The Labute approximate surface area is 160 Å². The zero-order valence-corrected chi connectivity index (χ0v) is 16.2. The van der Waals surface area contributed by atoms with Crippen LogP contribution in [0.15, 0.2) is 48.5 Å². The van der Waals surface area contributed by atoms with Crippen molar-refractivity contribution in [2.75, 3.05) is 22.1 Å². The van der Waals surface area contributed by atoms with Crippen LogP contribution in [0.3, 0.4) is 0 Å². The Morgan fingerprint density at radius 3 is 2.04 bits per heavy atom. The van der Waals surface area contributed by atoms with Crippen molar-refractivity contribution in [3.63, 3.8) is 0 Å². The molecule has 0 saturated heterocycles. The van der Waals surface area contributed by atoms with Gasteiger partial charge in [0.25, 0.3) is 5.91 Å². The zero-order valence-electron chi connectivity index (χ0n) is 16.2. The van der Waals surface area contributed by atoms with E-state index in [0.29, 0.717) is 11.6 Å². The quantitative estimate of drug-likeness (QED) is 0.758. The van der Waals surface area contributed by atoms with Crippen molar-refractivity contribution in [2.24, 2.45) is 5.92 Å². The van der Waals surface area contributed by atoms with Crippen molar-refractivity contribution in [1.29, 1.82) is 0 Å². The van der Waals surface area contributed by atoms with Crippen LogP contribution >= 0.6 is 0 Å². The van der Waals surface area contributed by atoms with Crippen LogP contribution in [0.1, 0.15) is 44.0 Å². The molecule has 0 aliphatic heterocycles. The van der Waals surface area contributed by atoms with Crippen LogP contribution in [0.4, 0.5) is 17.1 Å². The van der Waals surface area contributed by atoms with Crippen LogP contribution in [0, 0.1) is 5.92 Å². The summed E-state index contributed by atoms with van der Waals surface area (Å²) < 4.78 is 0. The number of benzene rings is 2. The molecule has 0 atom stereocenters. The van der Waals surface area contributed by atoms with Gasteiger partial charge in [-0.2, -0.15) is 0 Å². The third kappa shape index (κ3) is 4.88. The highest BCUT2D eigenvalue weighted by molar-refractivity contribution is 6.04. The molecule has 2 N–H and O–H groups in total. The summed E-state index contributed by atoms with van der Waals surface area (Å²) in [5.41, 5.74) is 3.18. The van der Waals surface area contributed by atoms with Crippen LogP contribution in [0.25, 0.3) is 0 Å². The van der Waals surface area contributed by atoms with Crippen molar-refractivity contribution < 1.29 is 9.59 Å². The van der Waals surface area contributed by atoms with Gasteiger partial charge in [0, 0.05) is 41.1 Å². The Balaban J connectivity index is 1.60. The molecule has 142 valence electrons. The number of carbonyl (C=O) groups excluding carboxylic acids is 2. The van der Waals surface area contributed by atoms with Crippen LogP contribution in [-0.4, -0.2) is 24.4 Å². The number of hydrogen-bond acceptors (Lipinski definition) is 3. The molecule has 3 rings (SSSR count). The lowest BCUT2D eigenvalue weighted by atomic mass is 10.1. The van der Waals surface area contributed by atoms with Crippen molar-refractivity contribution >= 4 is 28.9 Å². The fourth-order valence-electron chi connectivity index (χ4n) is 3.08. The van der Waals surface area contributed by atoms with Gasteiger partial charge in [0.15, 0.2) is 0 Å². The average Bonchev–Trinajstić information content (AvgIpc) is 3.49. The first kappa shape index (κ1) is 19.0. The average molecular weight is 365 g/mol. The molecular weight excluding hydrogens is 338 g/mol. The second-order valence-corrected chi connectivity index (χ2v) is 7.22. The van der Waals surface area contributed by atoms with E-state index in [-0.39, 0.29) is 17.7 Å². The molecule has 1 saturated carbocycles. The topological polar surface area (TPSA) is 61.4 Å². The summed E-state index contributed by atoms with van der Waals surface area (Å²) in [7, 11) is 0. The summed E-state index contributed by atoms with van der Waals surface area (Å²) in [5.74, 6) is 0.0594. The Morgan fingerprint density at radius 1 is 0.963 bits per heavy atom. The molecule has 27 heavy (non-hydrogen) atoms. The van der Waals surface area contributed by atoms with Gasteiger partial charge in [-0.05, 0) is 82.1 Å². The van der Waals surface area contributed by atoms with Crippen LogP contribution in [0.2, 0.25) is 0 Å². The Kier molecular flexibility index (Phi) is 5.79. The van der Waals surface area contributed by atoms with Crippen molar-refractivity contribution in [1.82, 2.24) is 0 Å². The zero-order chi connectivity index (χ0) is 19.4. The minimum atomic E-state index is -0.168. The van der Waals surface area contributed by atoms with Crippen LogP contribution in [0.5, 0.6) is 0 Å². The number of anilines is 3.